The Balaban J connectivity index is 1.91. The average molecular weight is 424 g/mol. The summed E-state index contributed by atoms with van der Waals surface area (Å²) in [6, 6.07) is 10.0. The Morgan fingerprint density at radius 3 is 2.37 bits per heavy atom. The van der Waals surface area contributed by atoms with Gasteiger partial charge in [0.05, 0.1) is 22.6 Å². The molecule has 3 rings (SSSR count). The summed E-state index contributed by atoms with van der Waals surface area (Å²) in [6.07, 6.45) is 1.95. The summed E-state index contributed by atoms with van der Waals surface area (Å²) in [5, 5.41) is 5.43. The van der Waals surface area contributed by atoms with Crippen LogP contribution in [0, 0.1) is 20.8 Å². The molecule has 0 saturated heterocycles. The number of nitrogens with zero attached hydrogens (tertiary/aromatic N) is 5. The predicted molar refractivity (Wildman–Crippen MR) is 121 cm³/mol. The molecule has 0 aliphatic carbocycles. The van der Waals surface area contributed by atoms with E-state index in [9.17, 15) is 4.79 Å². The van der Waals surface area contributed by atoms with Crippen LogP contribution in [0.5, 0.6) is 0 Å². The second-order valence-corrected chi connectivity index (χ2v) is 8.56. The van der Waals surface area contributed by atoms with Gasteiger partial charge >= 0.3 is 0 Å². The highest BCUT2D eigenvalue weighted by molar-refractivity contribution is 7.98. The third-order valence-corrected chi connectivity index (χ3v) is 5.86. The SMILES string of the molecule is CSc1nc(C(C)C)nc(C)c1C(=O)N(C)Cc1c(C)nn(-c2ccccc2)c1C. The van der Waals surface area contributed by atoms with Gasteiger partial charge in [-0.3, -0.25) is 4.79 Å². The van der Waals surface area contributed by atoms with E-state index in [1.54, 1.807) is 4.90 Å². The maximum Gasteiger partial charge on any atom is 0.258 e. The van der Waals surface area contributed by atoms with Crippen LogP contribution in [0.25, 0.3) is 5.69 Å². The molecule has 1 aromatic carbocycles. The van der Waals surface area contributed by atoms with Crippen molar-refractivity contribution in [2.75, 3.05) is 13.3 Å². The number of rotatable bonds is 6. The van der Waals surface area contributed by atoms with Crippen molar-refractivity contribution in [3.8, 4) is 5.69 Å². The van der Waals surface area contributed by atoms with Crippen LogP contribution in [0.4, 0.5) is 0 Å². The molecule has 1 amide bonds. The fourth-order valence-electron chi connectivity index (χ4n) is 3.44. The summed E-state index contributed by atoms with van der Waals surface area (Å²) in [6.45, 7) is 10.5. The standard InChI is InChI=1S/C23H29N5OS/c1-14(2)21-24-16(4)20(22(25-21)30-7)23(29)27(6)13-19-15(3)26-28(17(19)5)18-11-9-8-10-12-18/h8-12,14H,13H2,1-7H3. The molecule has 3 aromatic rings. The van der Waals surface area contributed by atoms with Crippen LogP contribution in [0.2, 0.25) is 0 Å². The third kappa shape index (κ3) is 4.26. The fraction of sp³-hybridized carbons (Fsp3) is 0.391. The molecule has 0 atom stereocenters. The van der Waals surface area contributed by atoms with Crippen molar-refractivity contribution in [1.82, 2.24) is 24.6 Å². The quantitative estimate of drug-likeness (QED) is 0.425. The van der Waals surface area contributed by atoms with Gasteiger partial charge in [-0.1, -0.05) is 32.0 Å². The molecule has 158 valence electrons. The molecular formula is C23H29N5OS. The van der Waals surface area contributed by atoms with E-state index in [0.717, 1.165) is 39.2 Å². The van der Waals surface area contributed by atoms with Gasteiger partial charge in [-0.15, -0.1) is 11.8 Å². The van der Waals surface area contributed by atoms with Crippen molar-refractivity contribution in [3.05, 3.63) is 64.4 Å². The minimum absolute atomic E-state index is 0.0709. The molecule has 0 bridgehead atoms. The van der Waals surface area contributed by atoms with Crippen molar-refractivity contribution in [1.29, 1.82) is 0 Å². The lowest BCUT2D eigenvalue weighted by molar-refractivity contribution is 0.0779. The van der Waals surface area contributed by atoms with Crippen LogP contribution in [0.1, 0.15) is 58.6 Å². The third-order valence-electron chi connectivity index (χ3n) is 5.18. The molecule has 0 spiro atoms. The number of aromatic nitrogens is 4. The average Bonchev–Trinajstić information content (AvgIpc) is 3.01. The van der Waals surface area contributed by atoms with Gasteiger partial charge in [0, 0.05) is 30.8 Å². The van der Waals surface area contributed by atoms with E-state index < -0.39 is 0 Å². The molecule has 0 saturated carbocycles. The Morgan fingerprint density at radius 1 is 1.10 bits per heavy atom. The Morgan fingerprint density at radius 2 is 1.77 bits per heavy atom. The molecule has 2 aromatic heterocycles. The smallest absolute Gasteiger partial charge is 0.258 e. The number of benzene rings is 1. The summed E-state index contributed by atoms with van der Waals surface area (Å²) in [7, 11) is 1.82. The van der Waals surface area contributed by atoms with E-state index >= 15 is 0 Å². The van der Waals surface area contributed by atoms with Gasteiger partial charge in [-0.05, 0) is 39.2 Å². The Kier molecular flexibility index (Phi) is 6.61. The van der Waals surface area contributed by atoms with E-state index in [4.69, 9.17) is 5.10 Å². The summed E-state index contributed by atoms with van der Waals surface area (Å²) in [5.41, 5.74) is 5.33. The highest BCUT2D eigenvalue weighted by Crippen LogP contribution is 2.26. The van der Waals surface area contributed by atoms with Crippen LogP contribution >= 0.6 is 11.8 Å². The number of carbonyl (C=O) groups is 1. The molecule has 30 heavy (non-hydrogen) atoms. The van der Waals surface area contributed by atoms with Crippen LogP contribution < -0.4 is 0 Å². The van der Waals surface area contributed by atoms with E-state index in [-0.39, 0.29) is 11.8 Å². The monoisotopic (exact) mass is 423 g/mol. The van der Waals surface area contributed by atoms with E-state index in [1.165, 1.54) is 11.8 Å². The van der Waals surface area contributed by atoms with Crippen molar-refractivity contribution in [2.24, 2.45) is 0 Å². The zero-order valence-corrected chi connectivity index (χ0v) is 19.5. The van der Waals surface area contributed by atoms with Crippen molar-refractivity contribution in [2.45, 2.75) is 52.1 Å². The maximum absolute atomic E-state index is 13.3. The first-order chi connectivity index (χ1) is 14.2. The minimum Gasteiger partial charge on any atom is -0.337 e. The van der Waals surface area contributed by atoms with Crippen LogP contribution in [-0.2, 0) is 6.54 Å². The van der Waals surface area contributed by atoms with Gasteiger partial charge in [-0.2, -0.15) is 5.10 Å². The van der Waals surface area contributed by atoms with E-state index in [0.29, 0.717) is 12.1 Å². The molecular weight excluding hydrogens is 394 g/mol. The molecule has 0 aliphatic heterocycles. The largest absolute Gasteiger partial charge is 0.337 e. The lowest BCUT2D eigenvalue weighted by Gasteiger charge is -2.20. The van der Waals surface area contributed by atoms with E-state index in [1.807, 2.05) is 69.1 Å². The number of para-hydroxylation sites is 1. The molecule has 0 N–H and O–H groups in total. The Bertz CT molecular complexity index is 1060. The van der Waals surface area contributed by atoms with Gasteiger partial charge in [-0.25, -0.2) is 14.6 Å². The van der Waals surface area contributed by atoms with Gasteiger partial charge in [0.1, 0.15) is 10.9 Å². The molecule has 0 radical (unpaired) electrons. The number of hydrogen-bond acceptors (Lipinski definition) is 5. The van der Waals surface area contributed by atoms with Gasteiger partial charge < -0.3 is 4.90 Å². The minimum atomic E-state index is -0.0709. The normalized spacial score (nSPS) is 11.2. The summed E-state index contributed by atoms with van der Waals surface area (Å²) in [4.78, 5) is 24.3. The molecule has 7 heteroatoms. The first-order valence-electron chi connectivity index (χ1n) is 10.0. The topological polar surface area (TPSA) is 63.9 Å². The van der Waals surface area contributed by atoms with Crippen molar-refractivity contribution < 1.29 is 4.79 Å². The lowest BCUT2D eigenvalue weighted by Crippen LogP contribution is -2.29. The molecule has 0 aliphatic rings. The van der Waals surface area contributed by atoms with E-state index in [2.05, 4.69) is 23.8 Å². The highest BCUT2D eigenvalue weighted by atomic mass is 32.2. The number of hydrogen-bond donors (Lipinski definition) is 0. The van der Waals surface area contributed by atoms with Crippen LogP contribution in [-0.4, -0.2) is 43.9 Å². The Labute approximate surface area is 182 Å². The molecule has 0 unspecified atom stereocenters. The first-order valence-corrected chi connectivity index (χ1v) is 11.3. The highest BCUT2D eigenvalue weighted by Gasteiger charge is 2.24. The summed E-state index contributed by atoms with van der Waals surface area (Å²) < 4.78 is 1.93. The van der Waals surface area contributed by atoms with Gasteiger partial charge in [0.2, 0.25) is 0 Å². The van der Waals surface area contributed by atoms with Gasteiger partial charge in [0.25, 0.3) is 5.91 Å². The number of amides is 1. The second-order valence-electron chi connectivity index (χ2n) is 7.76. The second kappa shape index (κ2) is 9.00. The summed E-state index contributed by atoms with van der Waals surface area (Å²) in [5.74, 6) is 0.913. The fourth-order valence-corrected chi connectivity index (χ4v) is 4.07. The molecule has 6 nitrogen and oxygen atoms in total. The van der Waals surface area contributed by atoms with Crippen LogP contribution in [0.3, 0.4) is 0 Å². The lowest BCUT2D eigenvalue weighted by atomic mass is 10.1. The van der Waals surface area contributed by atoms with Gasteiger partial charge in [0.15, 0.2) is 0 Å². The molecule has 2 heterocycles. The zero-order chi connectivity index (χ0) is 22.0. The zero-order valence-electron chi connectivity index (χ0n) is 18.7. The number of carbonyl (C=O) groups excluding carboxylic acids is 1. The maximum atomic E-state index is 13.3. The van der Waals surface area contributed by atoms with Crippen molar-refractivity contribution >= 4 is 17.7 Å². The first kappa shape index (κ1) is 22.0. The Hall–Kier alpha value is -2.67. The van der Waals surface area contributed by atoms with Crippen LogP contribution in [0.15, 0.2) is 35.4 Å². The molecule has 0 fully saturated rings. The number of thioether (sulfide) groups is 1. The number of aryl methyl sites for hydroxylation is 2. The van der Waals surface area contributed by atoms with Crippen molar-refractivity contribution in [3.63, 3.8) is 0 Å². The predicted octanol–water partition coefficient (Wildman–Crippen LogP) is 4.71. The summed E-state index contributed by atoms with van der Waals surface area (Å²) >= 11 is 1.49.